The van der Waals surface area contributed by atoms with Crippen LogP contribution in [0.3, 0.4) is 0 Å². The van der Waals surface area contributed by atoms with Gasteiger partial charge in [0.05, 0.1) is 5.56 Å². The van der Waals surface area contributed by atoms with E-state index < -0.39 is 0 Å². The van der Waals surface area contributed by atoms with E-state index in [1.807, 2.05) is 36.4 Å². The van der Waals surface area contributed by atoms with E-state index in [0.29, 0.717) is 11.4 Å². The van der Waals surface area contributed by atoms with Crippen molar-refractivity contribution in [3.63, 3.8) is 0 Å². The van der Waals surface area contributed by atoms with Gasteiger partial charge >= 0.3 is 0 Å². The highest BCUT2D eigenvalue weighted by Crippen LogP contribution is 2.12. The van der Waals surface area contributed by atoms with Crippen LogP contribution in [0.5, 0.6) is 0 Å². The number of rotatable bonds is 1. The molecule has 1 heterocycles. The Morgan fingerprint density at radius 2 is 1.64 bits per heavy atom. The molecule has 0 atom stereocenters. The predicted molar refractivity (Wildman–Crippen MR) is 52.2 cm³/mol. The second kappa shape index (κ2) is 3.67. The highest BCUT2D eigenvalue weighted by molar-refractivity contribution is 5.54. The Kier molecular flexibility index (Phi) is 2.20. The zero-order chi connectivity index (χ0) is 9.80. The molecule has 0 bridgehead atoms. The third-order valence-corrected chi connectivity index (χ3v) is 1.81. The van der Waals surface area contributed by atoms with E-state index in [9.17, 15) is 0 Å². The van der Waals surface area contributed by atoms with Gasteiger partial charge in [0, 0.05) is 18.0 Å². The van der Waals surface area contributed by atoms with Crippen molar-refractivity contribution in [2.45, 2.75) is 0 Å². The predicted octanol–water partition coefficient (Wildman–Crippen LogP) is 2.02. The Morgan fingerprint density at radius 3 is 2.21 bits per heavy atom. The summed E-state index contributed by atoms with van der Waals surface area (Å²) in [4.78, 5) is 8.17. The summed E-state index contributed by atoms with van der Waals surface area (Å²) in [5.41, 5.74) is 1.43. The summed E-state index contributed by atoms with van der Waals surface area (Å²) in [5, 5.41) is 8.57. The highest BCUT2D eigenvalue weighted by Gasteiger charge is 1.98. The second-order valence-electron chi connectivity index (χ2n) is 2.77. The quantitative estimate of drug-likeness (QED) is 0.676. The van der Waals surface area contributed by atoms with Crippen molar-refractivity contribution in [2.24, 2.45) is 0 Å². The van der Waals surface area contributed by atoms with E-state index in [1.54, 1.807) is 0 Å². The van der Waals surface area contributed by atoms with Gasteiger partial charge < -0.3 is 0 Å². The molecule has 0 amide bonds. The summed E-state index contributed by atoms with van der Waals surface area (Å²) in [7, 11) is 0. The molecule has 0 aliphatic carbocycles. The van der Waals surface area contributed by atoms with Gasteiger partial charge in [-0.25, -0.2) is 9.97 Å². The third-order valence-electron chi connectivity index (χ3n) is 1.81. The monoisotopic (exact) mass is 181 g/mol. The Labute approximate surface area is 81.7 Å². The Bertz CT molecular complexity index is 454. The number of nitriles is 1. The first-order chi connectivity index (χ1) is 6.90. The lowest BCUT2D eigenvalue weighted by Gasteiger charge is -1.97. The topological polar surface area (TPSA) is 49.6 Å². The van der Waals surface area contributed by atoms with Crippen molar-refractivity contribution in [2.75, 3.05) is 0 Å². The van der Waals surface area contributed by atoms with Crippen molar-refractivity contribution in [1.82, 2.24) is 9.97 Å². The van der Waals surface area contributed by atoms with Crippen molar-refractivity contribution >= 4 is 0 Å². The maximum Gasteiger partial charge on any atom is 0.159 e. The van der Waals surface area contributed by atoms with Crippen LogP contribution in [0.4, 0.5) is 0 Å². The van der Waals surface area contributed by atoms with Gasteiger partial charge in [-0.3, -0.25) is 0 Å². The maximum absolute atomic E-state index is 8.57. The van der Waals surface area contributed by atoms with Crippen molar-refractivity contribution in [3.8, 4) is 17.5 Å². The van der Waals surface area contributed by atoms with Gasteiger partial charge in [0.15, 0.2) is 5.82 Å². The molecule has 0 N–H and O–H groups in total. The molecule has 0 saturated carbocycles. The van der Waals surface area contributed by atoms with Crippen LogP contribution in [-0.2, 0) is 0 Å². The minimum atomic E-state index is 0.477. The van der Waals surface area contributed by atoms with Gasteiger partial charge in [-0.2, -0.15) is 5.26 Å². The van der Waals surface area contributed by atoms with Crippen LogP contribution < -0.4 is 0 Å². The van der Waals surface area contributed by atoms with E-state index in [0.717, 1.165) is 5.56 Å². The second-order valence-corrected chi connectivity index (χ2v) is 2.77. The van der Waals surface area contributed by atoms with E-state index in [4.69, 9.17) is 5.26 Å². The fourth-order valence-corrected chi connectivity index (χ4v) is 1.12. The zero-order valence-corrected chi connectivity index (χ0v) is 7.38. The van der Waals surface area contributed by atoms with E-state index in [2.05, 4.69) is 9.97 Å². The Hall–Kier alpha value is -2.21. The minimum absolute atomic E-state index is 0.477. The summed E-state index contributed by atoms with van der Waals surface area (Å²) < 4.78 is 0. The summed E-state index contributed by atoms with van der Waals surface area (Å²) >= 11 is 0. The number of hydrogen-bond acceptors (Lipinski definition) is 3. The van der Waals surface area contributed by atoms with Crippen LogP contribution >= 0.6 is 0 Å². The number of aromatic nitrogens is 2. The summed E-state index contributed by atoms with van der Waals surface area (Å²) in [6, 6.07) is 11.6. The average molecular weight is 181 g/mol. The van der Waals surface area contributed by atoms with Gasteiger partial charge in [0.2, 0.25) is 0 Å². The van der Waals surface area contributed by atoms with Crippen molar-refractivity contribution in [1.29, 1.82) is 5.26 Å². The molecule has 0 fully saturated rings. The van der Waals surface area contributed by atoms with Crippen LogP contribution in [0.25, 0.3) is 11.4 Å². The minimum Gasteiger partial charge on any atom is -0.235 e. The maximum atomic E-state index is 8.57. The lowest BCUT2D eigenvalue weighted by Crippen LogP contribution is -1.88. The van der Waals surface area contributed by atoms with Crippen molar-refractivity contribution < 1.29 is 0 Å². The van der Waals surface area contributed by atoms with Crippen molar-refractivity contribution in [3.05, 3.63) is 48.3 Å². The smallest absolute Gasteiger partial charge is 0.159 e. The Morgan fingerprint density at radius 1 is 1.00 bits per heavy atom. The molecule has 0 unspecified atom stereocenters. The number of benzene rings is 1. The molecule has 0 aliphatic rings. The van der Waals surface area contributed by atoms with Crippen LogP contribution in [-0.4, -0.2) is 9.97 Å². The summed E-state index contributed by atoms with van der Waals surface area (Å²) in [6.45, 7) is 0. The zero-order valence-electron chi connectivity index (χ0n) is 7.38. The first-order valence-corrected chi connectivity index (χ1v) is 4.18. The van der Waals surface area contributed by atoms with Gasteiger partial charge in [-0.15, -0.1) is 0 Å². The van der Waals surface area contributed by atoms with Crippen LogP contribution in [0, 0.1) is 11.3 Å². The molecule has 14 heavy (non-hydrogen) atoms. The molecular formula is C11H7N3. The van der Waals surface area contributed by atoms with E-state index in [1.165, 1.54) is 12.4 Å². The lowest BCUT2D eigenvalue weighted by atomic mass is 10.2. The third kappa shape index (κ3) is 1.59. The fraction of sp³-hybridized carbons (Fsp3) is 0. The fourth-order valence-electron chi connectivity index (χ4n) is 1.12. The average Bonchev–Trinajstić information content (AvgIpc) is 2.30. The summed E-state index contributed by atoms with van der Waals surface area (Å²) in [6.07, 6.45) is 3.05. The molecule has 0 radical (unpaired) electrons. The number of hydrogen-bond donors (Lipinski definition) is 0. The molecule has 3 nitrogen and oxygen atoms in total. The molecule has 0 spiro atoms. The molecule has 0 saturated heterocycles. The molecule has 1 aromatic carbocycles. The molecule has 2 rings (SSSR count). The van der Waals surface area contributed by atoms with E-state index in [-0.39, 0.29) is 0 Å². The van der Waals surface area contributed by atoms with Crippen LogP contribution in [0.2, 0.25) is 0 Å². The van der Waals surface area contributed by atoms with Gasteiger partial charge in [-0.1, -0.05) is 30.3 Å². The van der Waals surface area contributed by atoms with Gasteiger partial charge in [-0.05, 0) is 0 Å². The van der Waals surface area contributed by atoms with Crippen LogP contribution in [0.1, 0.15) is 5.56 Å². The van der Waals surface area contributed by atoms with Gasteiger partial charge in [0.25, 0.3) is 0 Å². The number of nitrogens with zero attached hydrogens (tertiary/aromatic N) is 3. The molecular weight excluding hydrogens is 174 g/mol. The van der Waals surface area contributed by atoms with E-state index >= 15 is 0 Å². The van der Waals surface area contributed by atoms with Crippen LogP contribution in [0.15, 0.2) is 42.7 Å². The molecule has 3 heteroatoms. The largest absolute Gasteiger partial charge is 0.235 e. The molecule has 1 aromatic heterocycles. The Balaban J connectivity index is 2.40. The molecule has 0 aliphatic heterocycles. The lowest BCUT2D eigenvalue weighted by molar-refractivity contribution is 1.16. The SMILES string of the molecule is N#Cc1cnc(-c2ccccc2)nc1. The first kappa shape index (κ1) is 8.39. The summed E-state index contributed by atoms with van der Waals surface area (Å²) in [5.74, 6) is 0.643. The normalized spacial score (nSPS) is 9.36. The highest BCUT2D eigenvalue weighted by atomic mass is 14.9. The standard InChI is InChI=1S/C11H7N3/c12-6-9-7-13-11(14-8-9)10-4-2-1-3-5-10/h1-5,7-8H. The first-order valence-electron chi connectivity index (χ1n) is 4.18. The van der Waals surface area contributed by atoms with Gasteiger partial charge in [0.1, 0.15) is 6.07 Å². The molecule has 2 aromatic rings. The molecule has 66 valence electrons.